The molecule has 1 unspecified atom stereocenters. The van der Waals surface area contributed by atoms with Crippen molar-refractivity contribution in [3.8, 4) is 11.5 Å². The van der Waals surface area contributed by atoms with Crippen molar-refractivity contribution in [3.05, 3.63) is 70.8 Å². The van der Waals surface area contributed by atoms with Crippen molar-refractivity contribution < 1.29 is 9.15 Å². The Kier molecular flexibility index (Phi) is 5.73. The lowest BCUT2D eigenvalue weighted by Gasteiger charge is -2.18. The highest BCUT2D eigenvalue weighted by Gasteiger charge is 2.18. The predicted molar refractivity (Wildman–Crippen MR) is 112 cm³/mol. The van der Waals surface area contributed by atoms with E-state index in [0.29, 0.717) is 40.2 Å². The number of rotatable bonds is 7. The van der Waals surface area contributed by atoms with E-state index in [-0.39, 0.29) is 11.6 Å². The van der Waals surface area contributed by atoms with Crippen LogP contribution in [0.5, 0.6) is 0 Å². The minimum absolute atomic E-state index is 0.0850. The Hall–Kier alpha value is -2.97. The average Bonchev–Trinajstić information content (AvgIpc) is 3.22. The summed E-state index contributed by atoms with van der Waals surface area (Å²) in [5, 5.41) is 9.42. The van der Waals surface area contributed by atoms with Crippen LogP contribution in [0, 0.1) is 0 Å². The zero-order valence-electron chi connectivity index (χ0n) is 16.1. The Labute approximate surface area is 171 Å². The van der Waals surface area contributed by atoms with Crippen molar-refractivity contribution in [2.45, 2.75) is 23.9 Å². The first kappa shape index (κ1) is 19.4. The third-order valence-corrected chi connectivity index (χ3v) is 5.37. The van der Waals surface area contributed by atoms with Crippen molar-refractivity contribution in [3.63, 3.8) is 0 Å². The molecule has 7 nitrogen and oxygen atoms in total. The molecule has 0 N–H and O–H groups in total. The Morgan fingerprint density at radius 2 is 1.86 bits per heavy atom. The van der Waals surface area contributed by atoms with E-state index in [0.717, 1.165) is 5.56 Å². The van der Waals surface area contributed by atoms with Crippen molar-refractivity contribution in [1.82, 2.24) is 19.7 Å². The minimum Gasteiger partial charge on any atom is -0.420 e. The fourth-order valence-electron chi connectivity index (χ4n) is 3.07. The number of methoxy groups -OCH3 is 1. The highest BCUT2D eigenvalue weighted by molar-refractivity contribution is 7.98. The monoisotopic (exact) mass is 408 g/mol. The molecule has 0 saturated heterocycles. The van der Waals surface area contributed by atoms with Gasteiger partial charge in [0.05, 0.1) is 29.3 Å². The molecule has 1 atom stereocenters. The van der Waals surface area contributed by atoms with Crippen LogP contribution in [-0.2, 0) is 10.5 Å². The third kappa shape index (κ3) is 4.08. The first-order valence-corrected chi connectivity index (χ1v) is 10.2. The summed E-state index contributed by atoms with van der Waals surface area (Å²) in [6.07, 6.45) is 0. The molecule has 0 fully saturated rings. The number of para-hydroxylation sites is 1. The number of aromatic nitrogens is 4. The van der Waals surface area contributed by atoms with Gasteiger partial charge >= 0.3 is 0 Å². The van der Waals surface area contributed by atoms with E-state index < -0.39 is 0 Å². The second-order valence-corrected chi connectivity index (χ2v) is 7.49. The minimum atomic E-state index is -0.158. The molecule has 0 amide bonds. The molecule has 0 radical (unpaired) electrons. The van der Waals surface area contributed by atoms with Crippen molar-refractivity contribution in [2.24, 2.45) is 0 Å². The van der Waals surface area contributed by atoms with Crippen LogP contribution >= 0.6 is 11.8 Å². The van der Waals surface area contributed by atoms with Gasteiger partial charge in [0.2, 0.25) is 11.8 Å². The summed E-state index contributed by atoms with van der Waals surface area (Å²) in [5.41, 5.74) is 1.44. The number of fused-ring (bicyclic) bond motifs is 1. The van der Waals surface area contributed by atoms with Crippen molar-refractivity contribution in [1.29, 1.82) is 0 Å². The molecule has 0 spiro atoms. The lowest BCUT2D eigenvalue weighted by atomic mass is 10.2. The first-order chi connectivity index (χ1) is 14.2. The third-order valence-electron chi connectivity index (χ3n) is 4.44. The van der Waals surface area contributed by atoms with Crippen LogP contribution in [0.4, 0.5) is 0 Å². The van der Waals surface area contributed by atoms with Gasteiger partial charge in [0.25, 0.3) is 5.56 Å². The Morgan fingerprint density at radius 3 is 2.66 bits per heavy atom. The topological polar surface area (TPSA) is 83.0 Å². The van der Waals surface area contributed by atoms with E-state index in [9.17, 15) is 4.79 Å². The average molecular weight is 408 g/mol. The maximum Gasteiger partial charge on any atom is 0.262 e. The van der Waals surface area contributed by atoms with Gasteiger partial charge in [0.1, 0.15) is 0 Å². The van der Waals surface area contributed by atoms with Crippen LogP contribution in [0.2, 0.25) is 0 Å². The Morgan fingerprint density at radius 1 is 1.10 bits per heavy atom. The largest absolute Gasteiger partial charge is 0.420 e. The Bertz CT molecular complexity index is 1170. The Balaban J connectivity index is 1.64. The smallest absolute Gasteiger partial charge is 0.262 e. The standard InChI is InChI=1S/C21H20N4O3S/c1-14(12-27-2)25-20(26)16-10-6-7-11-17(16)22-21(25)29-13-18-23-24-19(28-18)15-8-4-3-5-9-15/h3-11,14H,12-13H2,1-2H3. The van der Waals surface area contributed by atoms with Crippen LogP contribution in [0.1, 0.15) is 18.9 Å². The summed E-state index contributed by atoms with van der Waals surface area (Å²) in [7, 11) is 1.62. The maximum absolute atomic E-state index is 13.1. The number of thioether (sulfide) groups is 1. The van der Waals surface area contributed by atoms with Gasteiger partial charge in [-0.05, 0) is 31.2 Å². The van der Waals surface area contributed by atoms with Gasteiger partial charge in [0.15, 0.2) is 5.16 Å². The molecule has 148 valence electrons. The molecule has 4 aromatic rings. The second-order valence-electron chi connectivity index (χ2n) is 6.55. The number of benzene rings is 2. The van der Waals surface area contributed by atoms with Gasteiger partial charge < -0.3 is 9.15 Å². The van der Waals surface area contributed by atoms with E-state index >= 15 is 0 Å². The van der Waals surface area contributed by atoms with Gasteiger partial charge in [0, 0.05) is 12.7 Å². The maximum atomic E-state index is 13.1. The summed E-state index contributed by atoms with van der Waals surface area (Å²) >= 11 is 1.39. The van der Waals surface area contributed by atoms with Gasteiger partial charge in [-0.2, -0.15) is 0 Å². The van der Waals surface area contributed by atoms with E-state index in [1.807, 2.05) is 55.5 Å². The molecule has 0 aliphatic rings. The fourth-order valence-corrected chi connectivity index (χ4v) is 4.00. The summed E-state index contributed by atoms with van der Waals surface area (Å²) in [6, 6.07) is 16.8. The van der Waals surface area contributed by atoms with Crippen molar-refractivity contribution in [2.75, 3.05) is 13.7 Å². The molecular weight excluding hydrogens is 388 g/mol. The van der Waals surface area contributed by atoms with E-state index in [4.69, 9.17) is 14.1 Å². The quantitative estimate of drug-likeness (QED) is 0.338. The summed E-state index contributed by atoms with van der Waals surface area (Å²) in [6.45, 7) is 2.35. The summed E-state index contributed by atoms with van der Waals surface area (Å²) < 4.78 is 12.7. The van der Waals surface area contributed by atoms with Crippen molar-refractivity contribution >= 4 is 22.7 Å². The van der Waals surface area contributed by atoms with E-state index in [1.165, 1.54) is 11.8 Å². The molecule has 0 saturated carbocycles. The number of hydrogen-bond donors (Lipinski definition) is 0. The normalized spacial score (nSPS) is 12.3. The molecule has 2 aromatic carbocycles. The number of nitrogens with zero attached hydrogens (tertiary/aromatic N) is 4. The molecule has 29 heavy (non-hydrogen) atoms. The first-order valence-electron chi connectivity index (χ1n) is 9.18. The lowest BCUT2D eigenvalue weighted by molar-refractivity contribution is 0.156. The molecule has 8 heteroatoms. The van der Waals surface area contributed by atoms with E-state index in [2.05, 4.69) is 10.2 Å². The van der Waals surface area contributed by atoms with E-state index in [1.54, 1.807) is 17.7 Å². The summed E-state index contributed by atoms with van der Waals surface area (Å²) in [4.78, 5) is 17.8. The molecule has 4 rings (SSSR count). The molecule has 0 bridgehead atoms. The highest BCUT2D eigenvalue weighted by atomic mass is 32.2. The van der Waals surface area contributed by atoms with Crippen LogP contribution in [-0.4, -0.2) is 33.5 Å². The SMILES string of the molecule is COCC(C)n1c(SCc2nnc(-c3ccccc3)o2)nc2ccccc2c1=O. The van der Waals surface area contributed by atoms with Gasteiger partial charge in [-0.25, -0.2) is 4.98 Å². The van der Waals surface area contributed by atoms with Crippen LogP contribution in [0.15, 0.2) is 69.0 Å². The zero-order chi connectivity index (χ0) is 20.2. The molecule has 0 aliphatic carbocycles. The van der Waals surface area contributed by atoms with Crippen LogP contribution in [0.25, 0.3) is 22.4 Å². The molecule has 0 aliphatic heterocycles. The molecular formula is C21H20N4O3S. The summed E-state index contributed by atoms with van der Waals surface area (Å²) in [5.74, 6) is 1.35. The fraction of sp³-hybridized carbons (Fsp3) is 0.238. The van der Waals surface area contributed by atoms with Gasteiger partial charge in [-0.3, -0.25) is 9.36 Å². The number of ether oxygens (including phenoxy) is 1. The second kappa shape index (κ2) is 8.59. The van der Waals surface area contributed by atoms with Crippen LogP contribution < -0.4 is 5.56 Å². The molecule has 2 aromatic heterocycles. The lowest BCUT2D eigenvalue weighted by Crippen LogP contribution is -2.28. The van der Waals surface area contributed by atoms with Gasteiger partial charge in [-0.1, -0.05) is 42.1 Å². The number of hydrogen-bond acceptors (Lipinski definition) is 7. The predicted octanol–water partition coefficient (Wildman–Crippen LogP) is 3.95. The molecule has 2 heterocycles. The highest BCUT2D eigenvalue weighted by Crippen LogP contribution is 2.25. The van der Waals surface area contributed by atoms with Gasteiger partial charge in [-0.15, -0.1) is 10.2 Å². The zero-order valence-corrected chi connectivity index (χ0v) is 16.9. The van der Waals surface area contributed by atoms with Crippen LogP contribution in [0.3, 0.4) is 0 Å².